The maximum atomic E-state index is 12.6. The van der Waals surface area contributed by atoms with Gasteiger partial charge >= 0.3 is 5.97 Å². The lowest BCUT2D eigenvalue weighted by Gasteiger charge is -2.04. The Kier molecular flexibility index (Phi) is 4.54. The summed E-state index contributed by atoms with van der Waals surface area (Å²) in [6.07, 6.45) is 2.84. The van der Waals surface area contributed by atoms with Crippen molar-refractivity contribution in [2.45, 2.75) is 20.5 Å². The van der Waals surface area contributed by atoms with E-state index in [4.69, 9.17) is 4.74 Å². The summed E-state index contributed by atoms with van der Waals surface area (Å²) in [7, 11) is 0. The first-order valence-electron chi connectivity index (χ1n) is 8.04. The molecule has 1 N–H and O–H groups in total. The van der Waals surface area contributed by atoms with Gasteiger partial charge in [0.2, 0.25) is 0 Å². The van der Waals surface area contributed by atoms with Gasteiger partial charge in [-0.05, 0) is 26.0 Å². The van der Waals surface area contributed by atoms with Crippen LogP contribution < -0.4 is 5.56 Å². The largest absolute Gasteiger partial charge is 0.453 e. The molecule has 4 heterocycles. The topological polar surface area (TPSA) is 97.8 Å². The third kappa shape index (κ3) is 3.51. The van der Waals surface area contributed by atoms with Gasteiger partial charge in [-0.1, -0.05) is 0 Å². The average molecular weight is 398 g/mol. The molecule has 0 fully saturated rings. The number of hydrogen-bond donors (Lipinski definition) is 1. The third-order valence-corrected chi connectivity index (χ3v) is 5.74. The predicted octanol–water partition coefficient (Wildman–Crippen LogP) is 3.48. The number of aromatic amines is 1. The van der Waals surface area contributed by atoms with Crippen LogP contribution in [0.4, 0.5) is 0 Å². The summed E-state index contributed by atoms with van der Waals surface area (Å²) < 4.78 is 5.19. The quantitative estimate of drug-likeness (QED) is 0.529. The second-order valence-corrected chi connectivity index (χ2v) is 8.02. The van der Waals surface area contributed by atoms with Crippen LogP contribution in [0.1, 0.15) is 26.9 Å². The van der Waals surface area contributed by atoms with Crippen LogP contribution in [-0.4, -0.2) is 25.9 Å². The Bertz CT molecular complexity index is 1190. The van der Waals surface area contributed by atoms with E-state index in [2.05, 4.69) is 19.9 Å². The van der Waals surface area contributed by atoms with E-state index in [9.17, 15) is 9.59 Å². The molecule has 0 aliphatic rings. The van der Waals surface area contributed by atoms with Gasteiger partial charge in [0, 0.05) is 26.9 Å². The predicted molar refractivity (Wildman–Crippen MR) is 104 cm³/mol. The van der Waals surface area contributed by atoms with E-state index in [0.717, 1.165) is 10.4 Å². The van der Waals surface area contributed by atoms with Crippen LogP contribution in [0.3, 0.4) is 0 Å². The highest BCUT2D eigenvalue weighted by Gasteiger charge is 2.15. The van der Waals surface area contributed by atoms with Crippen LogP contribution in [-0.2, 0) is 11.3 Å². The first-order valence-corrected chi connectivity index (χ1v) is 9.74. The molecule has 0 saturated carbocycles. The van der Waals surface area contributed by atoms with E-state index in [0.29, 0.717) is 15.9 Å². The number of fused-ring (bicyclic) bond motifs is 1. The first kappa shape index (κ1) is 17.5. The second kappa shape index (κ2) is 7.01. The Hall–Kier alpha value is -2.91. The molecule has 0 unspecified atom stereocenters. The number of nitrogens with one attached hydrogen (secondary N) is 1. The monoisotopic (exact) mass is 398 g/mol. The van der Waals surface area contributed by atoms with Gasteiger partial charge in [-0.25, -0.2) is 14.8 Å². The van der Waals surface area contributed by atoms with E-state index in [1.54, 1.807) is 18.3 Å². The number of rotatable bonds is 4. The van der Waals surface area contributed by atoms with Crippen molar-refractivity contribution in [3.05, 3.63) is 62.3 Å². The number of nitrogens with zero attached hydrogens (tertiary/aromatic N) is 3. The molecule has 0 radical (unpaired) electrons. The van der Waals surface area contributed by atoms with Gasteiger partial charge in [0.1, 0.15) is 17.3 Å². The normalized spacial score (nSPS) is 11.0. The van der Waals surface area contributed by atoms with Crippen molar-refractivity contribution >= 4 is 38.9 Å². The SMILES string of the molecule is Cc1cnc(C(=O)OCc2nc3scc(-c4ccc(C)s4)c3c(=O)[nH]2)cn1. The van der Waals surface area contributed by atoms with Gasteiger partial charge < -0.3 is 9.72 Å². The zero-order valence-electron chi connectivity index (χ0n) is 14.5. The molecule has 4 rings (SSSR count). The second-order valence-electron chi connectivity index (χ2n) is 5.87. The Morgan fingerprint density at radius 3 is 2.78 bits per heavy atom. The van der Waals surface area contributed by atoms with Crippen molar-refractivity contribution < 1.29 is 9.53 Å². The third-order valence-electron chi connectivity index (χ3n) is 3.83. The van der Waals surface area contributed by atoms with Gasteiger partial charge in [-0.15, -0.1) is 22.7 Å². The maximum absolute atomic E-state index is 12.6. The molecule has 4 aromatic heterocycles. The standard InChI is InChI=1S/C18H14N4O3S2/c1-9-5-20-12(6-19-9)18(24)25-7-14-21-16(23)15-11(8-26-17(15)22-14)13-4-3-10(2)27-13/h3-6,8H,7H2,1-2H3,(H,21,22,23). The summed E-state index contributed by atoms with van der Waals surface area (Å²) in [4.78, 5) is 42.5. The van der Waals surface area contributed by atoms with Crippen molar-refractivity contribution in [2.24, 2.45) is 0 Å². The minimum atomic E-state index is -0.619. The highest BCUT2D eigenvalue weighted by molar-refractivity contribution is 7.19. The van der Waals surface area contributed by atoms with E-state index in [1.165, 1.54) is 28.6 Å². The van der Waals surface area contributed by atoms with Gasteiger partial charge in [0.15, 0.2) is 5.69 Å². The Morgan fingerprint density at radius 2 is 2.07 bits per heavy atom. The molecule has 7 nitrogen and oxygen atoms in total. The molecule has 0 aliphatic heterocycles. The molecule has 9 heteroatoms. The van der Waals surface area contributed by atoms with Gasteiger partial charge in [0.05, 0.1) is 17.3 Å². The van der Waals surface area contributed by atoms with Crippen LogP contribution in [0.15, 0.2) is 34.7 Å². The fourth-order valence-electron chi connectivity index (χ4n) is 2.53. The molecule has 0 atom stereocenters. The number of carbonyl (C=O) groups is 1. The first-order chi connectivity index (χ1) is 13.0. The lowest BCUT2D eigenvalue weighted by atomic mass is 10.2. The van der Waals surface area contributed by atoms with Crippen molar-refractivity contribution in [1.82, 2.24) is 19.9 Å². The fraction of sp³-hybridized carbons (Fsp3) is 0.167. The van der Waals surface area contributed by atoms with Crippen LogP contribution in [0, 0.1) is 13.8 Å². The number of esters is 1. The van der Waals surface area contributed by atoms with Crippen molar-refractivity contribution in [3.8, 4) is 10.4 Å². The number of aryl methyl sites for hydroxylation is 2. The number of H-pyrrole nitrogens is 1. The van der Waals surface area contributed by atoms with Crippen molar-refractivity contribution in [1.29, 1.82) is 0 Å². The summed E-state index contributed by atoms with van der Waals surface area (Å²) in [6.45, 7) is 3.65. The fourth-order valence-corrected chi connectivity index (χ4v) is 4.45. The Labute approximate surface area is 161 Å². The van der Waals surface area contributed by atoms with Crippen LogP contribution in [0.2, 0.25) is 0 Å². The lowest BCUT2D eigenvalue weighted by Crippen LogP contribution is -2.14. The molecule has 136 valence electrons. The summed E-state index contributed by atoms with van der Waals surface area (Å²) in [5.41, 5.74) is 1.44. The summed E-state index contributed by atoms with van der Waals surface area (Å²) in [5, 5.41) is 2.48. The zero-order chi connectivity index (χ0) is 19.0. The van der Waals surface area contributed by atoms with Crippen LogP contribution in [0.5, 0.6) is 0 Å². The Morgan fingerprint density at radius 1 is 1.22 bits per heavy atom. The molecule has 0 aliphatic carbocycles. The summed E-state index contributed by atoms with van der Waals surface area (Å²) in [6, 6.07) is 4.02. The number of aromatic nitrogens is 4. The summed E-state index contributed by atoms with van der Waals surface area (Å²) in [5.74, 6) is -0.331. The van der Waals surface area contributed by atoms with Crippen LogP contribution in [0.25, 0.3) is 20.7 Å². The number of ether oxygens (including phenoxy) is 1. The van der Waals surface area contributed by atoms with E-state index < -0.39 is 5.97 Å². The minimum absolute atomic E-state index is 0.107. The van der Waals surface area contributed by atoms with E-state index >= 15 is 0 Å². The number of thiophene rings is 2. The van der Waals surface area contributed by atoms with Gasteiger partial charge in [0.25, 0.3) is 5.56 Å². The average Bonchev–Trinajstić information content (AvgIpc) is 3.26. The number of hydrogen-bond acceptors (Lipinski definition) is 8. The van der Waals surface area contributed by atoms with Crippen molar-refractivity contribution in [2.75, 3.05) is 0 Å². The molecule has 4 aromatic rings. The molecule has 0 bridgehead atoms. The zero-order valence-corrected chi connectivity index (χ0v) is 16.1. The molecule has 0 saturated heterocycles. The molecule has 0 aromatic carbocycles. The highest BCUT2D eigenvalue weighted by atomic mass is 32.1. The molecule has 27 heavy (non-hydrogen) atoms. The Balaban J connectivity index is 1.58. The maximum Gasteiger partial charge on any atom is 0.358 e. The van der Waals surface area contributed by atoms with Crippen molar-refractivity contribution in [3.63, 3.8) is 0 Å². The molecular formula is C18H14N4O3S2. The highest BCUT2D eigenvalue weighted by Crippen LogP contribution is 2.34. The van der Waals surface area contributed by atoms with Crippen LogP contribution >= 0.6 is 22.7 Å². The lowest BCUT2D eigenvalue weighted by molar-refractivity contribution is 0.0455. The molecule has 0 spiro atoms. The smallest absolute Gasteiger partial charge is 0.358 e. The summed E-state index contributed by atoms with van der Waals surface area (Å²) >= 11 is 3.02. The number of carbonyl (C=O) groups excluding carboxylic acids is 1. The minimum Gasteiger partial charge on any atom is -0.453 e. The van der Waals surface area contributed by atoms with Gasteiger partial charge in [-0.2, -0.15) is 0 Å². The van der Waals surface area contributed by atoms with E-state index in [-0.39, 0.29) is 23.7 Å². The van der Waals surface area contributed by atoms with Gasteiger partial charge in [-0.3, -0.25) is 9.78 Å². The molecule has 0 amide bonds. The van der Waals surface area contributed by atoms with E-state index in [1.807, 2.05) is 24.4 Å². The molecular weight excluding hydrogens is 384 g/mol.